The molecule has 1 aromatic carbocycles. The minimum absolute atomic E-state index is 0.0822. The second-order valence-corrected chi connectivity index (χ2v) is 6.34. The average Bonchev–Trinajstić information content (AvgIpc) is 2.56. The van der Waals surface area contributed by atoms with E-state index in [1.807, 2.05) is 18.7 Å². The molecule has 1 aromatic heterocycles. The molecule has 4 nitrogen and oxygen atoms in total. The number of benzene rings is 1. The number of aromatic nitrogens is 2. The van der Waals surface area contributed by atoms with Crippen LogP contribution in [0.5, 0.6) is 0 Å². The fourth-order valence-electron chi connectivity index (χ4n) is 3.35. The van der Waals surface area contributed by atoms with Gasteiger partial charge < -0.3 is 4.90 Å². The Kier molecular flexibility index (Phi) is 4.70. The lowest BCUT2D eigenvalue weighted by Crippen LogP contribution is -2.39. The maximum absolute atomic E-state index is 12.8. The summed E-state index contributed by atoms with van der Waals surface area (Å²) in [4.78, 5) is 23.0. The van der Waals surface area contributed by atoms with Gasteiger partial charge in [0.25, 0.3) is 5.91 Å². The maximum Gasteiger partial charge on any atom is 0.257 e. The first kappa shape index (κ1) is 15.7. The zero-order chi connectivity index (χ0) is 16.2. The predicted octanol–water partition coefficient (Wildman–Crippen LogP) is 3.19. The quantitative estimate of drug-likeness (QED) is 0.875. The monoisotopic (exact) mass is 309 g/mol. The van der Waals surface area contributed by atoms with Crippen molar-refractivity contribution in [3.05, 3.63) is 59.2 Å². The van der Waals surface area contributed by atoms with Crippen LogP contribution < -0.4 is 0 Å². The third kappa shape index (κ3) is 3.58. The van der Waals surface area contributed by atoms with E-state index in [1.54, 1.807) is 0 Å². The highest BCUT2D eigenvalue weighted by atomic mass is 16.2. The number of hydrogen-bond acceptors (Lipinski definition) is 3. The lowest BCUT2D eigenvalue weighted by atomic mass is 9.90. The minimum Gasteiger partial charge on any atom is -0.339 e. The van der Waals surface area contributed by atoms with E-state index >= 15 is 0 Å². The van der Waals surface area contributed by atoms with Crippen LogP contribution in [-0.2, 0) is 6.42 Å². The molecule has 0 saturated carbocycles. The topological polar surface area (TPSA) is 46.1 Å². The van der Waals surface area contributed by atoms with Crippen LogP contribution in [0.3, 0.4) is 0 Å². The molecule has 2 aromatic rings. The first-order chi connectivity index (χ1) is 11.1. The van der Waals surface area contributed by atoms with Crippen molar-refractivity contribution in [3.63, 3.8) is 0 Å². The molecule has 2 heterocycles. The predicted molar refractivity (Wildman–Crippen MR) is 90.3 cm³/mol. The molecule has 1 aliphatic rings. The summed E-state index contributed by atoms with van der Waals surface area (Å²) in [6.07, 6.45) is 4.75. The molecular formula is C19H23N3O. The highest BCUT2D eigenvalue weighted by Gasteiger charge is 2.26. The van der Waals surface area contributed by atoms with Gasteiger partial charge in [-0.2, -0.15) is 0 Å². The first-order valence-corrected chi connectivity index (χ1v) is 8.26. The fraction of sp³-hybridized carbons (Fsp3) is 0.421. The molecule has 0 radical (unpaired) electrons. The summed E-state index contributed by atoms with van der Waals surface area (Å²) in [7, 11) is 0. The van der Waals surface area contributed by atoms with Gasteiger partial charge in [0.1, 0.15) is 6.33 Å². The first-order valence-electron chi connectivity index (χ1n) is 8.26. The second-order valence-electron chi connectivity index (χ2n) is 6.34. The van der Waals surface area contributed by atoms with Gasteiger partial charge in [0, 0.05) is 13.1 Å². The number of amides is 1. The highest BCUT2D eigenvalue weighted by molar-refractivity contribution is 5.96. The molecule has 1 aliphatic heterocycles. The van der Waals surface area contributed by atoms with Gasteiger partial charge in [-0.05, 0) is 44.6 Å². The molecule has 23 heavy (non-hydrogen) atoms. The van der Waals surface area contributed by atoms with Gasteiger partial charge in [0.15, 0.2) is 0 Å². The summed E-state index contributed by atoms with van der Waals surface area (Å²) in [6, 6.07) is 10.6. The maximum atomic E-state index is 12.8. The molecule has 4 heteroatoms. The van der Waals surface area contributed by atoms with Gasteiger partial charge in [-0.25, -0.2) is 9.97 Å². The number of nitrogens with zero attached hydrogens (tertiary/aromatic N) is 3. The van der Waals surface area contributed by atoms with Crippen LogP contribution in [0.1, 0.15) is 40.2 Å². The van der Waals surface area contributed by atoms with Crippen LogP contribution >= 0.6 is 0 Å². The molecule has 120 valence electrons. The van der Waals surface area contributed by atoms with Crippen molar-refractivity contribution in [2.75, 3.05) is 13.1 Å². The van der Waals surface area contributed by atoms with Crippen molar-refractivity contribution in [2.45, 2.75) is 33.1 Å². The summed E-state index contributed by atoms with van der Waals surface area (Å²) in [5.41, 5.74) is 3.61. The van der Waals surface area contributed by atoms with Crippen LogP contribution in [0.15, 0.2) is 36.7 Å². The number of carbonyl (C=O) groups excluding carboxylic acids is 1. The van der Waals surface area contributed by atoms with Gasteiger partial charge in [0.05, 0.1) is 17.0 Å². The van der Waals surface area contributed by atoms with Crippen LogP contribution in [0.2, 0.25) is 0 Å². The molecule has 0 N–H and O–H groups in total. The highest BCUT2D eigenvalue weighted by Crippen LogP contribution is 2.23. The fourth-order valence-corrected chi connectivity index (χ4v) is 3.35. The molecule has 0 unspecified atom stereocenters. The molecular weight excluding hydrogens is 286 g/mol. The number of hydrogen-bond donors (Lipinski definition) is 0. The molecule has 1 amide bonds. The van der Waals surface area contributed by atoms with Crippen molar-refractivity contribution in [2.24, 2.45) is 5.92 Å². The number of rotatable bonds is 3. The van der Waals surface area contributed by atoms with Crippen molar-refractivity contribution in [1.82, 2.24) is 14.9 Å². The van der Waals surface area contributed by atoms with Gasteiger partial charge in [0.2, 0.25) is 0 Å². The average molecular weight is 309 g/mol. The third-order valence-electron chi connectivity index (χ3n) is 4.71. The van der Waals surface area contributed by atoms with Gasteiger partial charge >= 0.3 is 0 Å². The van der Waals surface area contributed by atoms with Crippen LogP contribution in [0.25, 0.3) is 0 Å². The largest absolute Gasteiger partial charge is 0.339 e. The van der Waals surface area contributed by atoms with E-state index in [0.717, 1.165) is 43.7 Å². The number of aryl methyl sites for hydroxylation is 2. The Morgan fingerprint density at radius 3 is 2.30 bits per heavy atom. The van der Waals surface area contributed by atoms with E-state index in [9.17, 15) is 4.79 Å². The Morgan fingerprint density at radius 2 is 1.70 bits per heavy atom. The molecule has 0 aliphatic carbocycles. The van der Waals surface area contributed by atoms with E-state index in [1.165, 1.54) is 11.9 Å². The number of carbonyl (C=O) groups is 1. The van der Waals surface area contributed by atoms with Crippen molar-refractivity contribution in [3.8, 4) is 0 Å². The summed E-state index contributed by atoms with van der Waals surface area (Å²) in [5, 5.41) is 0. The van der Waals surface area contributed by atoms with Crippen molar-refractivity contribution < 1.29 is 4.79 Å². The number of likely N-dealkylation sites (tertiary alicyclic amines) is 1. The Labute approximate surface area is 137 Å². The zero-order valence-corrected chi connectivity index (χ0v) is 13.8. The van der Waals surface area contributed by atoms with Crippen LogP contribution in [0, 0.1) is 19.8 Å². The Bertz CT molecular complexity index is 656. The van der Waals surface area contributed by atoms with Crippen molar-refractivity contribution in [1.29, 1.82) is 0 Å². The Morgan fingerprint density at radius 1 is 1.09 bits per heavy atom. The van der Waals surface area contributed by atoms with Crippen LogP contribution in [0.4, 0.5) is 0 Å². The molecule has 1 fully saturated rings. The molecule has 1 saturated heterocycles. The Balaban J connectivity index is 1.62. The van der Waals surface area contributed by atoms with E-state index in [0.29, 0.717) is 11.5 Å². The lowest BCUT2D eigenvalue weighted by molar-refractivity contribution is 0.0688. The molecule has 0 bridgehead atoms. The summed E-state index contributed by atoms with van der Waals surface area (Å²) in [5.74, 6) is 0.745. The molecule has 0 atom stereocenters. The van der Waals surface area contributed by atoms with Crippen LogP contribution in [-0.4, -0.2) is 33.9 Å². The normalized spacial score (nSPS) is 15.7. The van der Waals surface area contributed by atoms with E-state index in [4.69, 9.17) is 0 Å². The number of piperidine rings is 1. The summed E-state index contributed by atoms with van der Waals surface area (Å²) >= 11 is 0. The smallest absolute Gasteiger partial charge is 0.257 e. The van der Waals surface area contributed by atoms with E-state index in [-0.39, 0.29) is 5.91 Å². The SMILES string of the molecule is Cc1ncnc(C)c1C(=O)N1CCC(Cc2ccccc2)CC1. The van der Waals surface area contributed by atoms with E-state index < -0.39 is 0 Å². The van der Waals surface area contributed by atoms with Crippen molar-refractivity contribution >= 4 is 5.91 Å². The zero-order valence-electron chi connectivity index (χ0n) is 13.8. The lowest BCUT2D eigenvalue weighted by Gasteiger charge is -2.32. The summed E-state index contributed by atoms with van der Waals surface area (Å²) in [6.45, 7) is 5.41. The second kappa shape index (κ2) is 6.90. The van der Waals surface area contributed by atoms with Gasteiger partial charge in [-0.3, -0.25) is 4.79 Å². The summed E-state index contributed by atoms with van der Waals surface area (Å²) < 4.78 is 0. The molecule has 0 spiro atoms. The van der Waals surface area contributed by atoms with E-state index in [2.05, 4.69) is 40.3 Å². The molecule has 3 rings (SSSR count). The Hall–Kier alpha value is -2.23. The van der Waals surface area contributed by atoms with Gasteiger partial charge in [-0.1, -0.05) is 30.3 Å². The minimum atomic E-state index is 0.0822. The third-order valence-corrected chi connectivity index (χ3v) is 4.71. The standard InChI is InChI=1S/C19H23N3O/c1-14-18(15(2)21-13-20-14)19(23)22-10-8-17(9-11-22)12-16-6-4-3-5-7-16/h3-7,13,17H,8-12H2,1-2H3. The van der Waals surface area contributed by atoms with Gasteiger partial charge in [-0.15, -0.1) is 0 Å².